The minimum atomic E-state index is 0.701. The third-order valence-corrected chi connectivity index (χ3v) is 2.54. The summed E-state index contributed by atoms with van der Waals surface area (Å²) in [7, 11) is 1.95. The number of rotatable bonds is 7. The molecule has 1 heterocycles. The van der Waals surface area contributed by atoms with Crippen molar-refractivity contribution in [3.8, 4) is 0 Å². The minimum Gasteiger partial charge on any atom is -0.468 e. The SMILES string of the molecule is CCN(Cc1cc(CNC)co1)CC(C)C. The van der Waals surface area contributed by atoms with Gasteiger partial charge in [0, 0.05) is 18.7 Å². The summed E-state index contributed by atoms with van der Waals surface area (Å²) in [5.41, 5.74) is 1.22. The fourth-order valence-electron chi connectivity index (χ4n) is 1.85. The summed E-state index contributed by atoms with van der Waals surface area (Å²) in [5.74, 6) is 1.76. The Bertz CT molecular complexity index is 294. The molecule has 0 aliphatic rings. The molecule has 0 radical (unpaired) electrons. The summed E-state index contributed by atoms with van der Waals surface area (Å²) in [5, 5.41) is 3.12. The van der Waals surface area contributed by atoms with Gasteiger partial charge in [0.25, 0.3) is 0 Å². The van der Waals surface area contributed by atoms with Crippen LogP contribution in [-0.2, 0) is 13.1 Å². The van der Waals surface area contributed by atoms with Gasteiger partial charge in [0.05, 0.1) is 12.8 Å². The van der Waals surface area contributed by atoms with Crippen LogP contribution in [0.15, 0.2) is 16.7 Å². The van der Waals surface area contributed by atoms with Gasteiger partial charge in [0.15, 0.2) is 0 Å². The maximum absolute atomic E-state index is 5.55. The number of hydrogen-bond donors (Lipinski definition) is 1. The summed E-state index contributed by atoms with van der Waals surface area (Å²) >= 11 is 0. The lowest BCUT2D eigenvalue weighted by atomic mass is 10.2. The van der Waals surface area contributed by atoms with Gasteiger partial charge >= 0.3 is 0 Å². The molecule has 0 atom stereocenters. The van der Waals surface area contributed by atoms with Crippen molar-refractivity contribution in [2.45, 2.75) is 33.9 Å². The molecule has 0 saturated carbocycles. The van der Waals surface area contributed by atoms with Crippen molar-refractivity contribution in [1.29, 1.82) is 0 Å². The van der Waals surface area contributed by atoms with E-state index in [1.54, 1.807) is 0 Å². The van der Waals surface area contributed by atoms with Crippen LogP contribution in [0.3, 0.4) is 0 Å². The lowest BCUT2D eigenvalue weighted by Gasteiger charge is -2.20. The molecule has 0 aromatic carbocycles. The lowest BCUT2D eigenvalue weighted by molar-refractivity contribution is 0.229. The van der Waals surface area contributed by atoms with Crippen LogP contribution < -0.4 is 5.32 Å². The molecule has 0 fully saturated rings. The zero-order chi connectivity index (χ0) is 12.0. The van der Waals surface area contributed by atoms with Crippen molar-refractivity contribution >= 4 is 0 Å². The van der Waals surface area contributed by atoms with Crippen LogP contribution in [-0.4, -0.2) is 25.0 Å². The Balaban J connectivity index is 2.49. The van der Waals surface area contributed by atoms with Crippen LogP contribution in [0, 0.1) is 5.92 Å². The van der Waals surface area contributed by atoms with Gasteiger partial charge in [-0.1, -0.05) is 20.8 Å². The summed E-state index contributed by atoms with van der Waals surface area (Å²) in [6.07, 6.45) is 1.84. The van der Waals surface area contributed by atoms with E-state index in [-0.39, 0.29) is 0 Å². The van der Waals surface area contributed by atoms with Crippen molar-refractivity contribution in [1.82, 2.24) is 10.2 Å². The molecule has 1 aromatic rings. The topological polar surface area (TPSA) is 28.4 Å². The third kappa shape index (κ3) is 4.37. The second-order valence-corrected chi connectivity index (χ2v) is 4.67. The molecule has 1 aromatic heterocycles. The summed E-state index contributed by atoms with van der Waals surface area (Å²) in [6, 6.07) is 2.14. The molecule has 0 aliphatic heterocycles. The largest absolute Gasteiger partial charge is 0.468 e. The lowest BCUT2D eigenvalue weighted by Crippen LogP contribution is -2.26. The molecule has 3 heteroatoms. The highest BCUT2D eigenvalue weighted by Gasteiger charge is 2.08. The first-order chi connectivity index (χ1) is 7.65. The average Bonchev–Trinajstić information content (AvgIpc) is 2.64. The predicted octanol–water partition coefficient (Wildman–Crippen LogP) is 2.48. The van der Waals surface area contributed by atoms with E-state index in [2.05, 4.69) is 37.1 Å². The molecular formula is C13H24N2O. The fraction of sp³-hybridized carbons (Fsp3) is 0.692. The van der Waals surface area contributed by atoms with Gasteiger partial charge in [-0.05, 0) is 25.6 Å². The van der Waals surface area contributed by atoms with Crippen LogP contribution in [0.25, 0.3) is 0 Å². The summed E-state index contributed by atoms with van der Waals surface area (Å²) in [4.78, 5) is 2.41. The van der Waals surface area contributed by atoms with Crippen molar-refractivity contribution in [3.63, 3.8) is 0 Å². The monoisotopic (exact) mass is 224 g/mol. The van der Waals surface area contributed by atoms with E-state index in [4.69, 9.17) is 4.42 Å². The first-order valence-electron chi connectivity index (χ1n) is 6.09. The Morgan fingerprint density at radius 2 is 2.19 bits per heavy atom. The van der Waals surface area contributed by atoms with Gasteiger partial charge in [-0.25, -0.2) is 0 Å². The van der Waals surface area contributed by atoms with E-state index >= 15 is 0 Å². The van der Waals surface area contributed by atoms with Crippen molar-refractivity contribution < 1.29 is 4.42 Å². The molecule has 1 rings (SSSR count). The second-order valence-electron chi connectivity index (χ2n) is 4.67. The predicted molar refractivity (Wildman–Crippen MR) is 67.3 cm³/mol. The molecule has 0 saturated heterocycles. The molecule has 0 spiro atoms. The highest BCUT2D eigenvalue weighted by molar-refractivity contribution is 5.12. The number of furan rings is 1. The minimum absolute atomic E-state index is 0.701. The zero-order valence-electron chi connectivity index (χ0n) is 10.9. The molecule has 0 bridgehead atoms. The summed E-state index contributed by atoms with van der Waals surface area (Å²) in [6.45, 7) is 10.7. The van der Waals surface area contributed by atoms with E-state index in [0.717, 1.165) is 31.9 Å². The van der Waals surface area contributed by atoms with Gasteiger partial charge in [-0.15, -0.1) is 0 Å². The van der Waals surface area contributed by atoms with E-state index in [1.807, 2.05) is 13.3 Å². The maximum Gasteiger partial charge on any atom is 0.118 e. The molecular weight excluding hydrogens is 200 g/mol. The molecule has 0 amide bonds. The maximum atomic E-state index is 5.55. The highest BCUT2D eigenvalue weighted by atomic mass is 16.3. The highest BCUT2D eigenvalue weighted by Crippen LogP contribution is 2.11. The third-order valence-electron chi connectivity index (χ3n) is 2.54. The average molecular weight is 224 g/mol. The number of nitrogens with one attached hydrogen (secondary N) is 1. The van der Waals surface area contributed by atoms with Gasteiger partial charge in [0.2, 0.25) is 0 Å². The van der Waals surface area contributed by atoms with Crippen molar-refractivity contribution in [2.75, 3.05) is 20.1 Å². The van der Waals surface area contributed by atoms with Crippen LogP contribution >= 0.6 is 0 Å². The molecule has 0 unspecified atom stereocenters. The Hall–Kier alpha value is -0.800. The molecule has 92 valence electrons. The zero-order valence-corrected chi connectivity index (χ0v) is 10.9. The Kier molecular flexibility index (Phi) is 5.56. The van der Waals surface area contributed by atoms with Crippen molar-refractivity contribution in [2.24, 2.45) is 5.92 Å². The number of hydrogen-bond acceptors (Lipinski definition) is 3. The second kappa shape index (κ2) is 6.71. The Labute approximate surface area is 98.8 Å². The van der Waals surface area contributed by atoms with E-state index in [1.165, 1.54) is 5.56 Å². The molecule has 3 nitrogen and oxygen atoms in total. The van der Waals surface area contributed by atoms with Crippen LogP contribution in [0.4, 0.5) is 0 Å². The van der Waals surface area contributed by atoms with Crippen LogP contribution in [0.1, 0.15) is 32.1 Å². The van der Waals surface area contributed by atoms with Gasteiger partial charge in [-0.3, -0.25) is 4.90 Å². The summed E-state index contributed by atoms with van der Waals surface area (Å²) < 4.78 is 5.55. The van der Waals surface area contributed by atoms with Gasteiger partial charge in [-0.2, -0.15) is 0 Å². The van der Waals surface area contributed by atoms with Gasteiger partial charge in [0.1, 0.15) is 5.76 Å². The fourth-order valence-corrected chi connectivity index (χ4v) is 1.85. The molecule has 16 heavy (non-hydrogen) atoms. The van der Waals surface area contributed by atoms with Crippen molar-refractivity contribution in [3.05, 3.63) is 23.7 Å². The molecule has 1 N–H and O–H groups in total. The van der Waals surface area contributed by atoms with E-state index < -0.39 is 0 Å². The first kappa shape index (κ1) is 13.3. The van der Waals surface area contributed by atoms with E-state index in [9.17, 15) is 0 Å². The quantitative estimate of drug-likeness (QED) is 0.771. The molecule has 0 aliphatic carbocycles. The van der Waals surface area contributed by atoms with Crippen LogP contribution in [0.2, 0.25) is 0 Å². The Morgan fingerprint density at radius 1 is 1.44 bits per heavy atom. The van der Waals surface area contributed by atoms with E-state index in [0.29, 0.717) is 5.92 Å². The smallest absolute Gasteiger partial charge is 0.118 e. The normalized spacial score (nSPS) is 11.6. The Morgan fingerprint density at radius 3 is 2.75 bits per heavy atom. The van der Waals surface area contributed by atoms with Crippen LogP contribution in [0.5, 0.6) is 0 Å². The van der Waals surface area contributed by atoms with Gasteiger partial charge < -0.3 is 9.73 Å². The number of nitrogens with zero attached hydrogens (tertiary/aromatic N) is 1. The first-order valence-corrected chi connectivity index (χ1v) is 6.09. The standard InChI is InChI=1S/C13H24N2O/c1-5-15(8-11(2)3)9-13-6-12(7-14-4)10-16-13/h6,10-11,14H,5,7-9H2,1-4H3.